The van der Waals surface area contributed by atoms with Gasteiger partial charge in [-0.25, -0.2) is 4.68 Å². The van der Waals surface area contributed by atoms with Crippen LogP contribution in [0.15, 0.2) is 0 Å². The minimum absolute atomic E-state index is 0.286. The summed E-state index contributed by atoms with van der Waals surface area (Å²) in [6.45, 7) is 8.12. The van der Waals surface area contributed by atoms with E-state index in [1.807, 2.05) is 4.68 Å². The lowest BCUT2D eigenvalue weighted by atomic mass is 9.97. The lowest BCUT2D eigenvalue weighted by Crippen LogP contribution is -2.46. The maximum Gasteiger partial charge on any atom is 0.165 e. The van der Waals surface area contributed by atoms with E-state index in [9.17, 15) is 0 Å². The zero-order valence-electron chi connectivity index (χ0n) is 10.7. The fourth-order valence-corrected chi connectivity index (χ4v) is 2.56. The first-order chi connectivity index (χ1) is 8.19. The van der Waals surface area contributed by atoms with Crippen LogP contribution in [0.2, 0.25) is 0 Å². The first-order valence-electron chi connectivity index (χ1n) is 6.42. The Morgan fingerprint density at radius 3 is 2.94 bits per heavy atom. The molecular formula is C11H22N6. The molecule has 0 saturated carbocycles. The molecule has 0 aliphatic carbocycles. The average molecular weight is 238 g/mol. The normalized spacial score (nSPS) is 26.3. The Balaban J connectivity index is 1.97. The van der Waals surface area contributed by atoms with Gasteiger partial charge in [-0.1, -0.05) is 13.8 Å². The third-order valence-electron chi connectivity index (χ3n) is 3.17. The van der Waals surface area contributed by atoms with Gasteiger partial charge in [-0.15, -0.1) is 5.10 Å². The second kappa shape index (κ2) is 5.55. The van der Waals surface area contributed by atoms with Crippen molar-refractivity contribution >= 4 is 0 Å². The van der Waals surface area contributed by atoms with Crippen LogP contribution in [0.4, 0.5) is 0 Å². The first-order valence-corrected chi connectivity index (χ1v) is 6.42. The Hall–Kier alpha value is -1.01. The van der Waals surface area contributed by atoms with E-state index >= 15 is 0 Å². The summed E-state index contributed by atoms with van der Waals surface area (Å²) < 4.78 is 1.89. The number of tetrazole rings is 1. The molecule has 2 heterocycles. The SMILES string of the molecule is CCCn1nnnc1CN1CC(C)CC(N)C1. The summed E-state index contributed by atoms with van der Waals surface area (Å²) in [5.74, 6) is 1.61. The molecule has 6 nitrogen and oxygen atoms in total. The first kappa shape index (κ1) is 12.4. The van der Waals surface area contributed by atoms with Crippen molar-refractivity contribution in [2.24, 2.45) is 11.7 Å². The molecule has 0 aromatic carbocycles. The number of likely N-dealkylation sites (tertiary alicyclic amines) is 1. The molecule has 1 saturated heterocycles. The van der Waals surface area contributed by atoms with Crippen molar-refractivity contribution < 1.29 is 0 Å². The standard InChI is InChI=1S/C11H22N6/c1-3-4-17-11(13-14-15-17)8-16-6-9(2)5-10(12)7-16/h9-10H,3-8,12H2,1-2H3. The van der Waals surface area contributed by atoms with Gasteiger partial charge in [-0.05, 0) is 29.2 Å². The molecule has 6 heteroatoms. The summed E-state index contributed by atoms with van der Waals surface area (Å²) in [5.41, 5.74) is 6.04. The molecule has 0 bridgehead atoms. The van der Waals surface area contributed by atoms with E-state index in [0.29, 0.717) is 5.92 Å². The van der Waals surface area contributed by atoms with Gasteiger partial charge in [0.05, 0.1) is 6.54 Å². The van der Waals surface area contributed by atoms with Crippen LogP contribution in [0, 0.1) is 5.92 Å². The van der Waals surface area contributed by atoms with Crippen LogP contribution < -0.4 is 5.73 Å². The molecule has 1 aromatic rings. The maximum absolute atomic E-state index is 6.04. The van der Waals surface area contributed by atoms with E-state index in [4.69, 9.17) is 5.73 Å². The van der Waals surface area contributed by atoms with Gasteiger partial charge in [-0.3, -0.25) is 4.90 Å². The number of rotatable bonds is 4. The second-order valence-corrected chi connectivity index (χ2v) is 5.11. The van der Waals surface area contributed by atoms with Crippen molar-refractivity contribution in [1.29, 1.82) is 0 Å². The van der Waals surface area contributed by atoms with Crippen LogP contribution in [0.5, 0.6) is 0 Å². The number of hydrogen-bond donors (Lipinski definition) is 1. The highest BCUT2D eigenvalue weighted by molar-refractivity contribution is 4.86. The van der Waals surface area contributed by atoms with Crippen molar-refractivity contribution in [3.8, 4) is 0 Å². The number of nitrogens with zero attached hydrogens (tertiary/aromatic N) is 5. The summed E-state index contributed by atoms with van der Waals surface area (Å²) in [4.78, 5) is 2.36. The van der Waals surface area contributed by atoms with Gasteiger partial charge in [0.15, 0.2) is 5.82 Å². The van der Waals surface area contributed by atoms with Gasteiger partial charge in [0, 0.05) is 25.7 Å². The molecule has 1 fully saturated rings. The monoisotopic (exact) mass is 238 g/mol. The van der Waals surface area contributed by atoms with Crippen molar-refractivity contribution in [2.45, 2.75) is 45.8 Å². The summed E-state index contributed by atoms with van der Waals surface area (Å²) >= 11 is 0. The second-order valence-electron chi connectivity index (χ2n) is 5.11. The van der Waals surface area contributed by atoms with Crippen LogP contribution in [-0.2, 0) is 13.1 Å². The topological polar surface area (TPSA) is 72.9 Å². The van der Waals surface area contributed by atoms with Crippen molar-refractivity contribution in [3.63, 3.8) is 0 Å². The van der Waals surface area contributed by atoms with Crippen LogP contribution >= 0.6 is 0 Å². The smallest absolute Gasteiger partial charge is 0.165 e. The molecule has 17 heavy (non-hydrogen) atoms. The minimum Gasteiger partial charge on any atom is -0.327 e. The lowest BCUT2D eigenvalue weighted by molar-refractivity contribution is 0.152. The van der Waals surface area contributed by atoms with Crippen molar-refractivity contribution in [2.75, 3.05) is 13.1 Å². The van der Waals surface area contributed by atoms with E-state index in [2.05, 4.69) is 34.3 Å². The number of hydrogen-bond acceptors (Lipinski definition) is 5. The summed E-state index contributed by atoms with van der Waals surface area (Å²) in [6.07, 6.45) is 2.17. The molecule has 0 spiro atoms. The summed E-state index contributed by atoms with van der Waals surface area (Å²) in [5, 5.41) is 11.9. The van der Waals surface area contributed by atoms with Gasteiger partial charge in [0.25, 0.3) is 0 Å². The molecular weight excluding hydrogens is 216 g/mol. The largest absolute Gasteiger partial charge is 0.327 e. The fourth-order valence-electron chi connectivity index (χ4n) is 2.56. The van der Waals surface area contributed by atoms with Gasteiger partial charge in [0.2, 0.25) is 0 Å². The van der Waals surface area contributed by atoms with Crippen LogP contribution in [0.3, 0.4) is 0 Å². The zero-order valence-corrected chi connectivity index (χ0v) is 10.7. The summed E-state index contributed by atoms with van der Waals surface area (Å²) in [7, 11) is 0. The van der Waals surface area contributed by atoms with Gasteiger partial charge < -0.3 is 5.73 Å². The fraction of sp³-hybridized carbons (Fsp3) is 0.909. The number of piperidine rings is 1. The van der Waals surface area contributed by atoms with Crippen LogP contribution in [-0.4, -0.2) is 44.2 Å². The highest BCUT2D eigenvalue weighted by atomic mass is 15.5. The van der Waals surface area contributed by atoms with Crippen molar-refractivity contribution in [1.82, 2.24) is 25.1 Å². The highest BCUT2D eigenvalue weighted by Crippen LogP contribution is 2.16. The Bertz CT molecular complexity index is 339. The van der Waals surface area contributed by atoms with E-state index < -0.39 is 0 Å². The van der Waals surface area contributed by atoms with Gasteiger partial charge in [-0.2, -0.15) is 0 Å². The Labute approximate surface area is 102 Å². The molecule has 2 rings (SSSR count). The van der Waals surface area contributed by atoms with E-state index in [1.165, 1.54) is 0 Å². The van der Waals surface area contributed by atoms with E-state index in [1.54, 1.807) is 0 Å². The summed E-state index contributed by atoms with van der Waals surface area (Å²) in [6, 6.07) is 0.286. The third-order valence-corrected chi connectivity index (χ3v) is 3.17. The molecule has 1 aliphatic heterocycles. The van der Waals surface area contributed by atoms with Gasteiger partial charge >= 0.3 is 0 Å². The van der Waals surface area contributed by atoms with Crippen LogP contribution in [0.25, 0.3) is 0 Å². The third kappa shape index (κ3) is 3.23. The molecule has 2 N–H and O–H groups in total. The molecule has 0 radical (unpaired) electrons. The number of nitrogens with two attached hydrogens (primary N) is 1. The molecule has 1 aliphatic rings. The molecule has 2 atom stereocenters. The van der Waals surface area contributed by atoms with Crippen molar-refractivity contribution in [3.05, 3.63) is 5.82 Å². The number of aryl methyl sites for hydroxylation is 1. The number of aromatic nitrogens is 4. The predicted molar refractivity (Wildman–Crippen MR) is 65.1 cm³/mol. The molecule has 2 unspecified atom stereocenters. The maximum atomic E-state index is 6.04. The zero-order chi connectivity index (χ0) is 12.3. The lowest BCUT2D eigenvalue weighted by Gasteiger charge is -2.34. The molecule has 96 valence electrons. The van der Waals surface area contributed by atoms with E-state index in [0.717, 1.165) is 44.8 Å². The highest BCUT2D eigenvalue weighted by Gasteiger charge is 2.23. The molecule has 0 amide bonds. The van der Waals surface area contributed by atoms with Gasteiger partial charge in [0.1, 0.15) is 0 Å². The van der Waals surface area contributed by atoms with Crippen LogP contribution in [0.1, 0.15) is 32.5 Å². The average Bonchev–Trinajstić information content (AvgIpc) is 2.65. The Morgan fingerprint density at radius 2 is 2.24 bits per heavy atom. The predicted octanol–water partition coefficient (Wildman–Crippen LogP) is 0.252. The quantitative estimate of drug-likeness (QED) is 0.814. The Morgan fingerprint density at radius 1 is 1.41 bits per heavy atom. The molecule has 1 aromatic heterocycles. The minimum atomic E-state index is 0.286. The Kier molecular flexibility index (Phi) is 4.06. The van der Waals surface area contributed by atoms with E-state index in [-0.39, 0.29) is 6.04 Å².